The Balaban J connectivity index is 2.50. The van der Waals surface area contributed by atoms with Crippen molar-refractivity contribution in [2.75, 3.05) is 23.9 Å². The van der Waals surface area contributed by atoms with Crippen LogP contribution in [0.1, 0.15) is 0 Å². The molecule has 0 amide bonds. The molecular formula is C8H17O8S2+. The van der Waals surface area contributed by atoms with Crippen molar-refractivity contribution in [2.24, 2.45) is 0 Å². The van der Waals surface area contributed by atoms with E-state index in [-0.39, 0.29) is 5.75 Å². The van der Waals surface area contributed by atoms with E-state index in [9.17, 15) is 23.7 Å². The van der Waals surface area contributed by atoms with E-state index in [1.807, 2.05) is 0 Å². The molecule has 8 nitrogen and oxygen atoms in total. The summed E-state index contributed by atoms with van der Waals surface area (Å²) in [6.07, 6.45) is -4.47. The Morgan fingerprint density at radius 1 is 1.28 bits per heavy atom. The summed E-state index contributed by atoms with van der Waals surface area (Å²) in [7, 11) is -5.24. The minimum atomic E-state index is -4.75. The van der Waals surface area contributed by atoms with Crippen LogP contribution in [-0.4, -0.2) is 81.7 Å². The van der Waals surface area contributed by atoms with Gasteiger partial charge in [0.05, 0.1) is 6.61 Å². The summed E-state index contributed by atoms with van der Waals surface area (Å²) in [4.78, 5) is 0. The monoisotopic (exact) mass is 305 g/mol. The molecule has 108 valence electrons. The van der Waals surface area contributed by atoms with Crippen LogP contribution in [0.2, 0.25) is 0 Å². The molecule has 18 heavy (non-hydrogen) atoms. The van der Waals surface area contributed by atoms with Gasteiger partial charge in [-0.2, -0.15) is 8.42 Å². The Hall–Kier alpha value is 0.0600. The number of aliphatic hydroxyl groups excluding tert-OH is 4. The molecule has 1 fully saturated rings. The van der Waals surface area contributed by atoms with Gasteiger partial charge in [-0.15, -0.1) is 0 Å². The Kier molecular flexibility index (Phi) is 5.80. The molecule has 0 bridgehead atoms. The fourth-order valence-electron chi connectivity index (χ4n) is 1.63. The van der Waals surface area contributed by atoms with Crippen molar-refractivity contribution < 1.29 is 37.6 Å². The Bertz CT molecular complexity index is 348. The lowest BCUT2D eigenvalue weighted by molar-refractivity contribution is 0.0114. The zero-order valence-corrected chi connectivity index (χ0v) is 11.0. The van der Waals surface area contributed by atoms with Gasteiger partial charge in [-0.25, -0.2) is 4.18 Å². The minimum Gasteiger partial charge on any atom is -0.394 e. The van der Waals surface area contributed by atoms with Crippen molar-refractivity contribution in [2.45, 2.75) is 24.4 Å². The molecule has 0 radical (unpaired) electrons. The highest BCUT2D eigenvalue weighted by Crippen LogP contribution is 2.18. The average molecular weight is 305 g/mol. The molecule has 1 heterocycles. The molecule has 1 rings (SSSR count). The van der Waals surface area contributed by atoms with Crippen molar-refractivity contribution in [1.29, 1.82) is 0 Å². The third kappa shape index (κ3) is 4.97. The van der Waals surface area contributed by atoms with Crippen LogP contribution in [-0.2, 0) is 25.5 Å². The third-order valence-corrected chi connectivity index (χ3v) is 5.45. The van der Waals surface area contributed by atoms with E-state index in [4.69, 9.17) is 9.66 Å². The van der Waals surface area contributed by atoms with Gasteiger partial charge in [0.25, 0.3) is 0 Å². The molecule has 1 saturated heterocycles. The molecule has 0 unspecified atom stereocenters. The molecule has 10 heteroatoms. The summed E-state index contributed by atoms with van der Waals surface area (Å²) in [5.41, 5.74) is 0. The van der Waals surface area contributed by atoms with E-state index in [0.717, 1.165) is 0 Å². The fraction of sp³-hybridized carbons (Fsp3) is 1.00. The summed E-state index contributed by atoms with van der Waals surface area (Å²) >= 11 is 0. The van der Waals surface area contributed by atoms with Gasteiger partial charge in [0.1, 0.15) is 41.7 Å². The van der Waals surface area contributed by atoms with Gasteiger partial charge in [0.15, 0.2) is 0 Å². The Morgan fingerprint density at radius 2 is 1.78 bits per heavy atom. The number of aliphatic hydroxyl groups is 4. The Labute approximate surface area is 108 Å². The first kappa shape index (κ1) is 16.1. The van der Waals surface area contributed by atoms with Gasteiger partial charge in [-0.1, -0.05) is 0 Å². The average Bonchev–Trinajstić information content (AvgIpc) is 2.53. The molecule has 0 spiro atoms. The molecule has 0 aromatic rings. The van der Waals surface area contributed by atoms with Gasteiger partial charge in [-0.05, 0) is 10.9 Å². The second kappa shape index (κ2) is 6.48. The largest absolute Gasteiger partial charge is 0.397 e. The lowest BCUT2D eigenvalue weighted by Crippen LogP contribution is -2.39. The van der Waals surface area contributed by atoms with Crippen molar-refractivity contribution in [3.8, 4) is 0 Å². The van der Waals surface area contributed by atoms with Gasteiger partial charge < -0.3 is 20.4 Å². The second-order valence-electron chi connectivity index (χ2n) is 4.06. The van der Waals surface area contributed by atoms with E-state index < -0.39 is 52.3 Å². The van der Waals surface area contributed by atoms with Crippen molar-refractivity contribution in [3.63, 3.8) is 0 Å². The minimum absolute atomic E-state index is 0.0782. The molecule has 0 saturated carbocycles. The first-order valence-electron chi connectivity index (χ1n) is 5.17. The van der Waals surface area contributed by atoms with E-state index in [2.05, 4.69) is 4.18 Å². The predicted octanol–water partition coefficient (Wildman–Crippen LogP) is -3.12. The van der Waals surface area contributed by atoms with E-state index >= 15 is 0 Å². The molecule has 4 atom stereocenters. The molecule has 1 aliphatic rings. The van der Waals surface area contributed by atoms with Crippen molar-refractivity contribution in [1.82, 2.24) is 0 Å². The van der Waals surface area contributed by atoms with Gasteiger partial charge in [-0.3, -0.25) is 4.55 Å². The zero-order chi connectivity index (χ0) is 13.9. The number of hydrogen-bond donors (Lipinski definition) is 5. The SMILES string of the molecule is O=S(=O)(O)O[C@H](CO)[C@@H](O)C[S+]1C[C@@H](O)[C@H](O)C1. The van der Waals surface area contributed by atoms with Crippen LogP contribution in [0, 0.1) is 0 Å². The summed E-state index contributed by atoms with van der Waals surface area (Å²) in [5.74, 6) is 0.694. The van der Waals surface area contributed by atoms with E-state index in [1.165, 1.54) is 0 Å². The van der Waals surface area contributed by atoms with Crippen LogP contribution >= 0.6 is 0 Å². The molecule has 0 aromatic carbocycles. The lowest BCUT2D eigenvalue weighted by Gasteiger charge is -2.18. The fourth-order valence-corrected chi connectivity index (χ4v) is 4.65. The van der Waals surface area contributed by atoms with Gasteiger partial charge in [0, 0.05) is 0 Å². The van der Waals surface area contributed by atoms with Crippen LogP contribution in [0.5, 0.6) is 0 Å². The molecule has 1 aliphatic heterocycles. The number of rotatable bonds is 6. The first-order valence-corrected chi connectivity index (χ1v) is 8.27. The highest BCUT2D eigenvalue weighted by atomic mass is 32.3. The smallest absolute Gasteiger partial charge is 0.394 e. The zero-order valence-electron chi connectivity index (χ0n) is 9.42. The molecule has 5 N–H and O–H groups in total. The first-order chi connectivity index (χ1) is 8.23. The molecular weight excluding hydrogens is 288 g/mol. The standard InChI is InChI=1S/C8H16O8S2/c9-1-8(16-18(13,14)15)7(12)4-17-2-5(10)6(11)3-17/h5-12H,1-4H2/p+1/t5-,6-,7+,8-/m1/s1. The van der Waals surface area contributed by atoms with Crippen molar-refractivity contribution in [3.05, 3.63) is 0 Å². The maximum atomic E-state index is 10.5. The lowest BCUT2D eigenvalue weighted by atomic mass is 10.2. The van der Waals surface area contributed by atoms with E-state index in [1.54, 1.807) is 0 Å². The van der Waals surface area contributed by atoms with Crippen LogP contribution < -0.4 is 0 Å². The van der Waals surface area contributed by atoms with E-state index in [0.29, 0.717) is 11.5 Å². The van der Waals surface area contributed by atoms with Gasteiger partial charge >= 0.3 is 10.4 Å². The van der Waals surface area contributed by atoms with Crippen LogP contribution in [0.25, 0.3) is 0 Å². The normalized spacial score (nSPS) is 29.4. The maximum absolute atomic E-state index is 10.5. The molecule has 0 aliphatic carbocycles. The maximum Gasteiger partial charge on any atom is 0.397 e. The number of hydrogen-bond acceptors (Lipinski definition) is 7. The highest BCUT2D eigenvalue weighted by molar-refractivity contribution is 7.97. The quantitative estimate of drug-likeness (QED) is 0.256. The topological polar surface area (TPSA) is 145 Å². The summed E-state index contributed by atoms with van der Waals surface area (Å²) in [6, 6.07) is 0. The molecule has 0 aromatic heterocycles. The summed E-state index contributed by atoms with van der Waals surface area (Å²) in [5, 5.41) is 37.2. The van der Waals surface area contributed by atoms with Crippen LogP contribution in [0.4, 0.5) is 0 Å². The third-order valence-electron chi connectivity index (χ3n) is 2.52. The van der Waals surface area contributed by atoms with Crippen LogP contribution in [0.15, 0.2) is 0 Å². The van der Waals surface area contributed by atoms with Gasteiger partial charge in [0.2, 0.25) is 0 Å². The summed E-state index contributed by atoms with van der Waals surface area (Å²) in [6.45, 7) is -0.775. The van der Waals surface area contributed by atoms with Crippen LogP contribution in [0.3, 0.4) is 0 Å². The van der Waals surface area contributed by atoms with Crippen molar-refractivity contribution >= 4 is 21.3 Å². The highest BCUT2D eigenvalue weighted by Gasteiger charge is 2.42. The summed E-state index contributed by atoms with van der Waals surface area (Å²) < 4.78 is 33.5. The predicted molar refractivity (Wildman–Crippen MR) is 63.5 cm³/mol. The Morgan fingerprint density at radius 3 is 2.17 bits per heavy atom. The second-order valence-corrected chi connectivity index (χ2v) is 7.33.